The lowest BCUT2D eigenvalue weighted by Crippen LogP contribution is -2.02. The lowest BCUT2D eigenvalue weighted by atomic mass is 10.1. The first kappa shape index (κ1) is 18.0. The molecule has 0 bridgehead atoms. The molecule has 0 aliphatic carbocycles. The van der Waals surface area contributed by atoms with Crippen molar-refractivity contribution in [1.29, 1.82) is 0 Å². The maximum atomic E-state index is 6.07. The number of pyridine rings is 1. The minimum Gasteiger partial charge on any atom is -0.251 e. The zero-order valence-electron chi connectivity index (χ0n) is 14.4. The Kier molecular flexibility index (Phi) is 6.55. The van der Waals surface area contributed by atoms with Crippen molar-refractivity contribution >= 4 is 23.4 Å². The molecule has 3 aromatic rings. The highest BCUT2D eigenvalue weighted by molar-refractivity contribution is 7.99. The Morgan fingerprint density at radius 1 is 0.920 bits per heavy atom. The number of nitrogens with zero attached hydrogens (tertiary/aromatic N) is 1. The Bertz CT molecular complexity index is 787. The molecule has 128 valence electrons. The average Bonchev–Trinajstić information content (AvgIpc) is 2.67. The van der Waals surface area contributed by atoms with E-state index in [2.05, 4.69) is 61.5 Å². The van der Waals surface area contributed by atoms with Crippen molar-refractivity contribution < 1.29 is 0 Å². The summed E-state index contributed by atoms with van der Waals surface area (Å²) in [4.78, 5) is 4.97. The van der Waals surface area contributed by atoms with Crippen LogP contribution in [0, 0.1) is 0 Å². The van der Waals surface area contributed by atoms with Gasteiger partial charge in [0.2, 0.25) is 0 Å². The number of aromatic nitrogens is 1. The van der Waals surface area contributed by atoms with Crippen molar-refractivity contribution in [2.75, 3.05) is 5.75 Å². The minimum absolute atomic E-state index is 0.229. The van der Waals surface area contributed by atoms with Gasteiger partial charge in [-0.25, -0.2) is 0 Å². The molecule has 0 radical (unpaired) electrons. The van der Waals surface area contributed by atoms with E-state index in [0.29, 0.717) is 0 Å². The van der Waals surface area contributed by atoms with Gasteiger partial charge in [0.1, 0.15) is 0 Å². The van der Waals surface area contributed by atoms with E-state index in [4.69, 9.17) is 16.6 Å². The van der Waals surface area contributed by atoms with Crippen LogP contribution in [0.25, 0.3) is 11.3 Å². The summed E-state index contributed by atoms with van der Waals surface area (Å²) in [6.45, 7) is 2.23. The van der Waals surface area contributed by atoms with Gasteiger partial charge in [-0.05, 0) is 42.0 Å². The first-order valence-corrected chi connectivity index (χ1v) is 10.1. The van der Waals surface area contributed by atoms with Crippen molar-refractivity contribution in [2.45, 2.75) is 25.0 Å². The van der Waals surface area contributed by atoms with Crippen LogP contribution in [0.5, 0.6) is 0 Å². The van der Waals surface area contributed by atoms with Gasteiger partial charge in [-0.15, -0.1) is 11.8 Å². The van der Waals surface area contributed by atoms with Crippen LogP contribution in [-0.4, -0.2) is 10.7 Å². The molecule has 0 saturated carbocycles. The molecule has 0 saturated heterocycles. The molecular formula is C22H22ClNS. The van der Waals surface area contributed by atoms with Crippen LogP contribution in [0.2, 0.25) is 5.02 Å². The van der Waals surface area contributed by atoms with Crippen molar-refractivity contribution in [2.24, 2.45) is 0 Å². The normalized spacial score (nSPS) is 12.1. The number of benzene rings is 2. The fourth-order valence-electron chi connectivity index (χ4n) is 2.70. The molecule has 0 fully saturated rings. The smallest absolute Gasteiger partial charge is 0.0719 e. The van der Waals surface area contributed by atoms with Crippen LogP contribution in [0.1, 0.15) is 36.3 Å². The van der Waals surface area contributed by atoms with Crippen LogP contribution in [0.3, 0.4) is 0 Å². The molecule has 1 aromatic heterocycles. The van der Waals surface area contributed by atoms with E-state index < -0.39 is 0 Å². The molecule has 1 atom stereocenters. The fraction of sp³-hybridized carbons (Fsp3) is 0.227. The molecule has 1 nitrogen and oxygen atoms in total. The monoisotopic (exact) mass is 367 g/mol. The zero-order chi connectivity index (χ0) is 17.5. The lowest BCUT2D eigenvalue weighted by molar-refractivity contribution is 0.892. The Labute approximate surface area is 159 Å². The number of rotatable bonds is 7. The van der Waals surface area contributed by atoms with Gasteiger partial charge in [0, 0.05) is 10.6 Å². The molecule has 1 unspecified atom stereocenters. The van der Waals surface area contributed by atoms with E-state index in [1.807, 2.05) is 30.0 Å². The number of unbranched alkanes of at least 4 members (excludes halogenated alkanes) is 1. The van der Waals surface area contributed by atoms with E-state index in [0.717, 1.165) is 27.7 Å². The summed E-state index contributed by atoms with van der Waals surface area (Å²) >= 11 is 8.03. The molecule has 0 amide bonds. The quantitative estimate of drug-likeness (QED) is 0.416. The summed E-state index contributed by atoms with van der Waals surface area (Å²) in [5.41, 5.74) is 4.53. The maximum absolute atomic E-state index is 6.07. The van der Waals surface area contributed by atoms with Crippen molar-refractivity contribution in [3.8, 4) is 11.3 Å². The summed E-state index contributed by atoms with van der Waals surface area (Å²) in [6, 6.07) is 24.8. The van der Waals surface area contributed by atoms with E-state index >= 15 is 0 Å². The maximum Gasteiger partial charge on any atom is 0.0719 e. The highest BCUT2D eigenvalue weighted by Gasteiger charge is 2.17. The van der Waals surface area contributed by atoms with Crippen LogP contribution >= 0.6 is 23.4 Å². The van der Waals surface area contributed by atoms with E-state index in [1.54, 1.807) is 0 Å². The number of hydrogen-bond acceptors (Lipinski definition) is 2. The Morgan fingerprint density at radius 3 is 2.40 bits per heavy atom. The highest BCUT2D eigenvalue weighted by atomic mass is 35.5. The Hall–Kier alpha value is -1.77. The SMILES string of the molecule is CCCCSC(c1ccc(Cl)cc1)c1cccc(-c2ccccc2)n1. The topological polar surface area (TPSA) is 12.9 Å². The minimum atomic E-state index is 0.229. The van der Waals surface area contributed by atoms with Crippen LogP contribution in [0.15, 0.2) is 72.8 Å². The second-order valence-corrected chi connectivity index (χ2v) is 7.62. The summed E-state index contributed by atoms with van der Waals surface area (Å²) in [7, 11) is 0. The molecule has 0 spiro atoms. The number of halogens is 1. The molecule has 3 heteroatoms. The van der Waals surface area contributed by atoms with Crippen molar-refractivity contribution in [1.82, 2.24) is 4.98 Å². The van der Waals surface area contributed by atoms with Gasteiger partial charge in [-0.3, -0.25) is 4.98 Å². The standard InChI is InChI=1S/C22H22ClNS/c1-2-3-16-25-22(18-12-14-19(23)15-13-18)21-11-7-10-20(24-21)17-8-5-4-6-9-17/h4-15,22H,2-3,16H2,1H3. The van der Waals surface area contributed by atoms with Gasteiger partial charge in [-0.1, -0.05) is 73.5 Å². The van der Waals surface area contributed by atoms with Crippen molar-refractivity contribution in [3.63, 3.8) is 0 Å². The van der Waals surface area contributed by atoms with Crippen LogP contribution in [-0.2, 0) is 0 Å². The molecule has 25 heavy (non-hydrogen) atoms. The number of hydrogen-bond donors (Lipinski definition) is 0. The molecular weight excluding hydrogens is 346 g/mol. The first-order chi connectivity index (χ1) is 12.3. The third kappa shape index (κ3) is 4.87. The fourth-order valence-corrected chi connectivity index (χ4v) is 4.17. The van der Waals surface area contributed by atoms with Crippen LogP contribution in [0.4, 0.5) is 0 Å². The Balaban J connectivity index is 1.93. The van der Waals surface area contributed by atoms with Crippen molar-refractivity contribution in [3.05, 3.63) is 89.1 Å². The van der Waals surface area contributed by atoms with Gasteiger partial charge in [0.05, 0.1) is 16.6 Å². The summed E-state index contributed by atoms with van der Waals surface area (Å²) < 4.78 is 0. The molecule has 0 aliphatic heterocycles. The Morgan fingerprint density at radius 2 is 1.68 bits per heavy atom. The van der Waals surface area contributed by atoms with Gasteiger partial charge in [0.15, 0.2) is 0 Å². The molecule has 3 rings (SSSR count). The van der Waals surface area contributed by atoms with Crippen LogP contribution < -0.4 is 0 Å². The van der Waals surface area contributed by atoms with Gasteiger partial charge >= 0.3 is 0 Å². The van der Waals surface area contributed by atoms with Gasteiger partial charge in [-0.2, -0.15) is 0 Å². The summed E-state index contributed by atoms with van der Waals surface area (Å²) in [6.07, 6.45) is 2.42. The lowest BCUT2D eigenvalue weighted by Gasteiger charge is -2.18. The second-order valence-electron chi connectivity index (χ2n) is 5.97. The third-order valence-electron chi connectivity index (χ3n) is 4.06. The largest absolute Gasteiger partial charge is 0.251 e. The zero-order valence-corrected chi connectivity index (χ0v) is 15.9. The predicted octanol–water partition coefficient (Wildman–Crippen LogP) is 7.02. The first-order valence-electron chi connectivity index (χ1n) is 8.67. The van der Waals surface area contributed by atoms with E-state index in [9.17, 15) is 0 Å². The summed E-state index contributed by atoms with van der Waals surface area (Å²) in [5.74, 6) is 1.13. The van der Waals surface area contributed by atoms with Gasteiger partial charge in [0.25, 0.3) is 0 Å². The molecule has 0 N–H and O–H groups in total. The summed E-state index contributed by atoms with van der Waals surface area (Å²) in [5, 5.41) is 1.000. The van der Waals surface area contributed by atoms with Gasteiger partial charge < -0.3 is 0 Å². The number of thioether (sulfide) groups is 1. The molecule has 1 heterocycles. The third-order valence-corrected chi connectivity index (χ3v) is 5.69. The van der Waals surface area contributed by atoms with E-state index in [1.165, 1.54) is 18.4 Å². The van der Waals surface area contributed by atoms with E-state index in [-0.39, 0.29) is 5.25 Å². The predicted molar refractivity (Wildman–Crippen MR) is 110 cm³/mol. The highest BCUT2D eigenvalue weighted by Crippen LogP contribution is 2.36. The second kappa shape index (κ2) is 9.07. The molecule has 2 aromatic carbocycles. The molecule has 0 aliphatic rings. The average molecular weight is 368 g/mol.